The van der Waals surface area contributed by atoms with Crippen LogP contribution in [-0.2, 0) is 9.59 Å². The van der Waals surface area contributed by atoms with Crippen molar-refractivity contribution in [3.63, 3.8) is 0 Å². The van der Waals surface area contributed by atoms with E-state index in [1.165, 1.54) is 19.3 Å². The van der Waals surface area contributed by atoms with Gasteiger partial charge in [0.2, 0.25) is 0 Å². The van der Waals surface area contributed by atoms with Crippen LogP contribution in [0.15, 0.2) is 18.2 Å². The Hall–Kier alpha value is -1.55. The Morgan fingerprint density at radius 1 is 1.19 bits per heavy atom. The lowest BCUT2D eigenvalue weighted by molar-refractivity contribution is -0.136. The number of benzene rings is 1. The van der Waals surface area contributed by atoms with Gasteiger partial charge in [-0.1, -0.05) is 36.9 Å². The van der Waals surface area contributed by atoms with Gasteiger partial charge in [0.1, 0.15) is 0 Å². The number of anilines is 1. The number of nitrogens with one attached hydrogen (secondary N) is 2. The zero-order chi connectivity index (χ0) is 15.2. The van der Waals surface area contributed by atoms with Gasteiger partial charge in [-0.2, -0.15) is 0 Å². The lowest BCUT2D eigenvalue weighted by Gasteiger charge is -2.21. The fraction of sp³-hybridized carbons (Fsp3) is 0.500. The molecule has 0 heterocycles. The Bertz CT molecular complexity index is 525. The highest BCUT2D eigenvalue weighted by Gasteiger charge is 2.18. The summed E-state index contributed by atoms with van der Waals surface area (Å²) in [5.41, 5.74) is 1.44. The third-order valence-corrected chi connectivity index (χ3v) is 4.17. The molecule has 1 fully saturated rings. The number of amides is 2. The highest BCUT2D eigenvalue weighted by Crippen LogP contribution is 2.23. The molecule has 0 radical (unpaired) electrons. The number of carbonyl (C=O) groups is 2. The average molecular weight is 309 g/mol. The van der Waals surface area contributed by atoms with Crippen LogP contribution in [0, 0.1) is 12.8 Å². The Morgan fingerprint density at radius 2 is 1.90 bits per heavy atom. The third kappa shape index (κ3) is 4.74. The summed E-state index contributed by atoms with van der Waals surface area (Å²) in [5, 5.41) is 5.85. The summed E-state index contributed by atoms with van der Waals surface area (Å²) < 4.78 is 0. The predicted octanol–water partition coefficient (Wildman–Crippen LogP) is 3.28. The van der Waals surface area contributed by atoms with Crippen LogP contribution in [0.2, 0.25) is 5.02 Å². The van der Waals surface area contributed by atoms with Crippen LogP contribution in [0.3, 0.4) is 0 Å². The van der Waals surface area contributed by atoms with Gasteiger partial charge >= 0.3 is 11.8 Å². The molecule has 2 amide bonds. The molecule has 0 unspecified atom stereocenters. The van der Waals surface area contributed by atoms with Gasteiger partial charge in [0.15, 0.2) is 0 Å². The molecule has 5 heteroatoms. The smallest absolute Gasteiger partial charge is 0.313 e. The van der Waals surface area contributed by atoms with Gasteiger partial charge in [0.05, 0.1) is 0 Å². The summed E-state index contributed by atoms with van der Waals surface area (Å²) in [5.74, 6) is -0.723. The molecule has 1 aliphatic carbocycles. The van der Waals surface area contributed by atoms with Crippen LogP contribution in [0.4, 0.5) is 5.69 Å². The molecule has 1 saturated carbocycles. The quantitative estimate of drug-likeness (QED) is 0.842. The van der Waals surface area contributed by atoms with Crippen LogP contribution in [0.1, 0.15) is 37.7 Å². The van der Waals surface area contributed by atoms with E-state index in [4.69, 9.17) is 11.6 Å². The van der Waals surface area contributed by atoms with Crippen LogP contribution in [0.5, 0.6) is 0 Å². The van der Waals surface area contributed by atoms with E-state index in [2.05, 4.69) is 10.6 Å². The van der Waals surface area contributed by atoms with Crippen molar-refractivity contribution >= 4 is 29.1 Å². The first kappa shape index (κ1) is 15.8. The Balaban J connectivity index is 1.84. The second kappa shape index (κ2) is 7.46. The first-order valence-electron chi connectivity index (χ1n) is 7.41. The van der Waals surface area contributed by atoms with Crippen LogP contribution in [0.25, 0.3) is 0 Å². The largest absolute Gasteiger partial charge is 0.348 e. The zero-order valence-electron chi connectivity index (χ0n) is 12.2. The van der Waals surface area contributed by atoms with Gasteiger partial charge in [-0.25, -0.2) is 0 Å². The van der Waals surface area contributed by atoms with Gasteiger partial charge in [-0.05, 0) is 43.4 Å². The van der Waals surface area contributed by atoms with Crippen LogP contribution in [-0.4, -0.2) is 18.4 Å². The third-order valence-electron chi connectivity index (χ3n) is 3.93. The van der Waals surface area contributed by atoms with Crippen molar-refractivity contribution in [2.75, 3.05) is 11.9 Å². The molecule has 1 aromatic carbocycles. The van der Waals surface area contributed by atoms with Crippen molar-refractivity contribution in [1.29, 1.82) is 0 Å². The van der Waals surface area contributed by atoms with E-state index >= 15 is 0 Å². The molecule has 2 N–H and O–H groups in total. The molecule has 114 valence electrons. The van der Waals surface area contributed by atoms with E-state index in [0.29, 0.717) is 23.2 Å². The summed E-state index contributed by atoms with van der Waals surface area (Å²) >= 11 is 5.89. The average Bonchev–Trinajstić information content (AvgIpc) is 2.49. The molecule has 0 bridgehead atoms. The fourth-order valence-electron chi connectivity index (χ4n) is 2.62. The maximum Gasteiger partial charge on any atom is 0.313 e. The van der Waals surface area contributed by atoms with Crippen molar-refractivity contribution in [2.45, 2.75) is 39.0 Å². The lowest BCUT2D eigenvalue weighted by atomic mass is 9.89. The van der Waals surface area contributed by atoms with Crippen molar-refractivity contribution in [3.8, 4) is 0 Å². The van der Waals surface area contributed by atoms with E-state index < -0.39 is 11.8 Å². The van der Waals surface area contributed by atoms with Crippen molar-refractivity contribution in [1.82, 2.24) is 5.32 Å². The second-order valence-corrected chi connectivity index (χ2v) is 6.06. The van der Waals surface area contributed by atoms with E-state index in [0.717, 1.165) is 18.4 Å². The number of hydrogen-bond donors (Lipinski definition) is 2. The molecule has 1 aromatic rings. The molecule has 0 aromatic heterocycles. The highest BCUT2D eigenvalue weighted by atomic mass is 35.5. The molecule has 0 aliphatic heterocycles. The minimum absolute atomic E-state index is 0.503. The fourth-order valence-corrected chi connectivity index (χ4v) is 2.79. The molecule has 2 rings (SSSR count). The van der Waals surface area contributed by atoms with E-state index in [9.17, 15) is 9.59 Å². The minimum Gasteiger partial charge on any atom is -0.348 e. The van der Waals surface area contributed by atoms with E-state index in [1.807, 2.05) is 6.92 Å². The van der Waals surface area contributed by atoms with E-state index in [-0.39, 0.29) is 0 Å². The standard InChI is InChI=1S/C16H21ClN2O2/c1-11-7-8-13(17)9-14(11)19-16(21)15(20)18-10-12-5-3-2-4-6-12/h7-9,12H,2-6,10H2,1H3,(H,18,20)(H,19,21). The normalized spacial score (nSPS) is 15.5. The summed E-state index contributed by atoms with van der Waals surface area (Å²) in [6.07, 6.45) is 5.98. The number of hydrogen-bond acceptors (Lipinski definition) is 2. The maximum absolute atomic E-state index is 11.9. The molecular formula is C16H21ClN2O2. The van der Waals surface area contributed by atoms with Gasteiger partial charge in [0, 0.05) is 17.3 Å². The Labute approximate surface area is 130 Å². The molecule has 21 heavy (non-hydrogen) atoms. The first-order chi connectivity index (χ1) is 10.1. The summed E-state index contributed by atoms with van der Waals surface area (Å²) in [7, 11) is 0. The van der Waals surface area contributed by atoms with Gasteiger partial charge < -0.3 is 10.6 Å². The molecule has 4 nitrogen and oxygen atoms in total. The lowest BCUT2D eigenvalue weighted by Crippen LogP contribution is -2.38. The second-order valence-electron chi connectivity index (χ2n) is 5.63. The van der Waals surface area contributed by atoms with Crippen molar-refractivity contribution in [3.05, 3.63) is 28.8 Å². The minimum atomic E-state index is -0.642. The van der Waals surface area contributed by atoms with Crippen LogP contribution >= 0.6 is 11.6 Å². The molecule has 0 saturated heterocycles. The van der Waals surface area contributed by atoms with Crippen molar-refractivity contribution in [2.24, 2.45) is 5.92 Å². The Kier molecular flexibility index (Phi) is 5.62. The molecule has 1 aliphatic rings. The number of aryl methyl sites for hydroxylation is 1. The highest BCUT2D eigenvalue weighted by molar-refractivity contribution is 6.40. The zero-order valence-corrected chi connectivity index (χ0v) is 13.0. The summed E-state index contributed by atoms with van der Waals surface area (Å²) in [6.45, 7) is 2.44. The summed E-state index contributed by atoms with van der Waals surface area (Å²) in [6, 6.07) is 5.19. The molecule has 0 atom stereocenters. The molecular weight excluding hydrogens is 288 g/mol. The number of halogens is 1. The predicted molar refractivity (Wildman–Crippen MR) is 84.4 cm³/mol. The van der Waals surface area contributed by atoms with Crippen LogP contribution < -0.4 is 10.6 Å². The van der Waals surface area contributed by atoms with Gasteiger partial charge in [-0.3, -0.25) is 9.59 Å². The number of rotatable bonds is 3. The van der Waals surface area contributed by atoms with Gasteiger partial charge in [0.25, 0.3) is 0 Å². The SMILES string of the molecule is Cc1ccc(Cl)cc1NC(=O)C(=O)NCC1CCCCC1. The monoisotopic (exact) mass is 308 g/mol. The van der Waals surface area contributed by atoms with Gasteiger partial charge in [-0.15, -0.1) is 0 Å². The first-order valence-corrected chi connectivity index (χ1v) is 7.79. The molecule has 0 spiro atoms. The topological polar surface area (TPSA) is 58.2 Å². The maximum atomic E-state index is 11.9. The van der Waals surface area contributed by atoms with E-state index in [1.54, 1.807) is 18.2 Å². The summed E-state index contributed by atoms with van der Waals surface area (Å²) in [4.78, 5) is 23.7. The Morgan fingerprint density at radius 3 is 2.62 bits per heavy atom. The number of carbonyl (C=O) groups excluding carboxylic acids is 2. The van der Waals surface area contributed by atoms with Crippen molar-refractivity contribution < 1.29 is 9.59 Å².